The fraction of sp³-hybridized carbons (Fsp3) is 0.444. The summed E-state index contributed by atoms with van der Waals surface area (Å²) in [4.78, 5) is 6.71. The summed E-state index contributed by atoms with van der Waals surface area (Å²) in [6.07, 6.45) is -2.01. The Kier molecular flexibility index (Phi) is 5.67. The van der Waals surface area contributed by atoms with Crippen molar-refractivity contribution >= 4 is 17.4 Å². The second kappa shape index (κ2) is 7.80. The molecular formula is C18H19ClF3N3O. The molecule has 0 spiro atoms. The molecule has 8 heteroatoms. The number of nitrogens with zero attached hydrogens (tertiary/aromatic N) is 2. The zero-order valence-electron chi connectivity index (χ0n) is 14.2. The average Bonchev–Trinajstić information content (AvgIpc) is 2.60. The average molecular weight is 386 g/mol. The highest BCUT2D eigenvalue weighted by molar-refractivity contribution is 6.29. The van der Waals surface area contributed by atoms with Crippen LogP contribution in [0, 0.1) is 6.92 Å². The molecule has 0 aliphatic carbocycles. The number of hydrogen-bond donors (Lipinski definition) is 1. The van der Waals surface area contributed by atoms with Crippen LogP contribution in [0.15, 0.2) is 30.3 Å². The highest BCUT2D eigenvalue weighted by Gasteiger charge is 2.35. The largest absolute Gasteiger partial charge is 0.451 e. The van der Waals surface area contributed by atoms with Crippen molar-refractivity contribution in [3.05, 3.63) is 52.4 Å². The van der Waals surface area contributed by atoms with Crippen LogP contribution in [0.1, 0.15) is 42.3 Å². The Balaban J connectivity index is 1.63. The van der Waals surface area contributed by atoms with Gasteiger partial charge in [0.05, 0.1) is 12.2 Å². The molecule has 0 unspecified atom stereocenters. The number of nitrogens with one attached hydrogen (secondary N) is 1. The SMILES string of the molecule is Cc1ccc([C@@H]2CCC[C@H](CNc3cc(Cl)nc(C(F)(F)F)n3)O2)cc1. The van der Waals surface area contributed by atoms with Gasteiger partial charge in [0.15, 0.2) is 0 Å². The lowest BCUT2D eigenvalue weighted by molar-refractivity contribution is -0.144. The minimum Gasteiger partial charge on any atom is -0.368 e. The van der Waals surface area contributed by atoms with Gasteiger partial charge in [-0.15, -0.1) is 0 Å². The van der Waals surface area contributed by atoms with Crippen molar-refractivity contribution in [1.29, 1.82) is 0 Å². The van der Waals surface area contributed by atoms with Gasteiger partial charge in [0, 0.05) is 12.6 Å². The van der Waals surface area contributed by atoms with Gasteiger partial charge in [-0.2, -0.15) is 13.2 Å². The molecule has 1 saturated heterocycles. The molecule has 140 valence electrons. The molecule has 1 N–H and O–H groups in total. The monoisotopic (exact) mass is 385 g/mol. The molecule has 3 rings (SSSR count). The van der Waals surface area contributed by atoms with E-state index in [0.717, 1.165) is 24.8 Å². The zero-order chi connectivity index (χ0) is 18.7. The first-order valence-corrected chi connectivity index (χ1v) is 8.77. The summed E-state index contributed by atoms with van der Waals surface area (Å²) in [5.41, 5.74) is 2.30. The number of anilines is 1. The molecule has 0 saturated carbocycles. The topological polar surface area (TPSA) is 47.0 Å². The van der Waals surface area contributed by atoms with E-state index in [0.29, 0.717) is 6.54 Å². The van der Waals surface area contributed by atoms with Crippen LogP contribution < -0.4 is 5.32 Å². The van der Waals surface area contributed by atoms with Crippen LogP contribution in [0.4, 0.5) is 19.0 Å². The third kappa shape index (κ3) is 4.86. The van der Waals surface area contributed by atoms with Crippen LogP contribution in [0.5, 0.6) is 0 Å². The molecular weight excluding hydrogens is 367 g/mol. The molecule has 1 aliphatic rings. The molecule has 0 amide bonds. The predicted molar refractivity (Wildman–Crippen MR) is 93.2 cm³/mol. The third-order valence-electron chi connectivity index (χ3n) is 4.26. The van der Waals surface area contributed by atoms with Gasteiger partial charge in [0.2, 0.25) is 5.82 Å². The van der Waals surface area contributed by atoms with Crippen molar-refractivity contribution in [2.24, 2.45) is 0 Å². The molecule has 26 heavy (non-hydrogen) atoms. The maximum atomic E-state index is 12.8. The maximum absolute atomic E-state index is 12.8. The van der Waals surface area contributed by atoms with E-state index in [-0.39, 0.29) is 23.2 Å². The van der Waals surface area contributed by atoms with E-state index < -0.39 is 12.0 Å². The lowest BCUT2D eigenvalue weighted by atomic mass is 9.97. The molecule has 0 bridgehead atoms. The summed E-state index contributed by atoms with van der Waals surface area (Å²) in [5, 5.41) is 2.64. The number of aryl methyl sites for hydroxylation is 1. The first kappa shape index (κ1) is 18.9. The standard InChI is InChI=1S/C18H19ClF3N3O/c1-11-5-7-12(8-6-11)14-4-2-3-13(26-14)10-23-16-9-15(19)24-17(25-16)18(20,21)22/h5-9,13-14H,2-4,10H2,1H3,(H,23,24,25)/t13-,14+/m1/s1. The number of benzene rings is 1. The van der Waals surface area contributed by atoms with Crippen molar-refractivity contribution in [1.82, 2.24) is 9.97 Å². The third-order valence-corrected chi connectivity index (χ3v) is 4.45. The summed E-state index contributed by atoms with van der Waals surface area (Å²) < 4.78 is 44.4. The van der Waals surface area contributed by atoms with E-state index in [2.05, 4.69) is 27.4 Å². The second-order valence-electron chi connectivity index (χ2n) is 6.37. The fourth-order valence-corrected chi connectivity index (χ4v) is 3.11. The van der Waals surface area contributed by atoms with Crippen molar-refractivity contribution < 1.29 is 17.9 Å². The zero-order valence-corrected chi connectivity index (χ0v) is 14.9. The molecule has 4 nitrogen and oxygen atoms in total. The van der Waals surface area contributed by atoms with Crippen LogP contribution in [0.3, 0.4) is 0 Å². The number of ether oxygens (including phenoxy) is 1. The smallest absolute Gasteiger partial charge is 0.368 e. The van der Waals surface area contributed by atoms with Gasteiger partial charge < -0.3 is 10.1 Å². The Morgan fingerprint density at radius 3 is 2.62 bits per heavy atom. The summed E-state index contributed by atoms with van der Waals surface area (Å²) in [7, 11) is 0. The van der Waals surface area contributed by atoms with Crippen molar-refractivity contribution in [2.75, 3.05) is 11.9 Å². The number of aromatic nitrogens is 2. The van der Waals surface area contributed by atoms with Gasteiger partial charge in [-0.05, 0) is 31.7 Å². The highest BCUT2D eigenvalue weighted by atomic mass is 35.5. The first-order chi connectivity index (χ1) is 12.3. The molecule has 1 aliphatic heterocycles. The normalized spacial score (nSPS) is 20.8. The van der Waals surface area contributed by atoms with Gasteiger partial charge in [-0.3, -0.25) is 0 Å². The van der Waals surface area contributed by atoms with E-state index >= 15 is 0 Å². The van der Waals surface area contributed by atoms with Crippen molar-refractivity contribution in [2.45, 2.75) is 44.6 Å². The molecule has 2 aromatic rings. The minimum atomic E-state index is -4.64. The molecule has 1 aromatic heterocycles. The first-order valence-electron chi connectivity index (χ1n) is 8.39. The molecule has 1 fully saturated rings. The van der Waals surface area contributed by atoms with Gasteiger partial charge in [0.1, 0.15) is 11.0 Å². The molecule has 0 radical (unpaired) electrons. The summed E-state index contributed by atoms with van der Waals surface area (Å²) in [6.45, 7) is 2.38. The van der Waals surface area contributed by atoms with E-state index in [1.165, 1.54) is 11.6 Å². The highest BCUT2D eigenvalue weighted by Crippen LogP contribution is 2.32. The summed E-state index contributed by atoms with van der Waals surface area (Å²) in [5.74, 6) is -1.21. The molecule has 2 heterocycles. The second-order valence-corrected chi connectivity index (χ2v) is 6.75. The van der Waals surface area contributed by atoms with Crippen molar-refractivity contribution in [3.8, 4) is 0 Å². The Bertz CT molecular complexity index is 752. The van der Waals surface area contributed by atoms with E-state index in [4.69, 9.17) is 16.3 Å². The van der Waals surface area contributed by atoms with Gasteiger partial charge in [-0.25, -0.2) is 9.97 Å². The van der Waals surface area contributed by atoms with Crippen LogP contribution >= 0.6 is 11.6 Å². The van der Waals surface area contributed by atoms with Gasteiger partial charge >= 0.3 is 6.18 Å². The number of halogens is 4. The lowest BCUT2D eigenvalue weighted by Crippen LogP contribution is -2.29. The quantitative estimate of drug-likeness (QED) is 0.737. The maximum Gasteiger partial charge on any atom is 0.451 e. The van der Waals surface area contributed by atoms with E-state index in [9.17, 15) is 13.2 Å². The Hall–Kier alpha value is -1.86. The molecule has 2 atom stereocenters. The van der Waals surface area contributed by atoms with E-state index in [1.807, 2.05) is 19.1 Å². The molecule has 1 aromatic carbocycles. The van der Waals surface area contributed by atoms with Gasteiger partial charge in [0.25, 0.3) is 0 Å². The fourth-order valence-electron chi connectivity index (χ4n) is 2.93. The van der Waals surface area contributed by atoms with Crippen LogP contribution in [-0.2, 0) is 10.9 Å². The van der Waals surface area contributed by atoms with Crippen LogP contribution in [0.25, 0.3) is 0 Å². The number of rotatable bonds is 4. The van der Waals surface area contributed by atoms with Crippen molar-refractivity contribution in [3.63, 3.8) is 0 Å². The van der Waals surface area contributed by atoms with Crippen LogP contribution in [-0.4, -0.2) is 22.6 Å². The summed E-state index contributed by atoms with van der Waals surface area (Å²) >= 11 is 5.67. The Morgan fingerprint density at radius 2 is 1.92 bits per heavy atom. The van der Waals surface area contributed by atoms with Gasteiger partial charge in [-0.1, -0.05) is 41.4 Å². The Labute approximate surface area is 154 Å². The van der Waals surface area contributed by atoms with Crippen LogP contribution in [0.2, 0.25) is 5.15 Å². The lowest BCUT2D eigenvalue weighted by Gasteiger charge is -2.30. The minimum absolute atomic E-state index is 0.00382. The number of alkyl halides is 3. The predicted octanol–water partition coefficient (Wildman–Crippen LogP) is 5.18. The number of hydrogen-bond acceptors (Lipinski definition) is 4. The summed E-state index contributed by atoms with van der Waals surface area (Å²) in [6, 6.07) is 9.46. The van der Waals surface area contributed by atoms with E-state index in [1.54, 1.807) is 0 Å². The Morgan fingerprint density at radius 1 is 1.19 bits per heavy atom.